The van der Waals surface area contributed by atoms with Crippen molar-refractivity contribution < 1.29 is 23.9 Å². The van der Waals surface area contributed by atoms with Crippen molar-refractivity contribution in [3.63, 3.8) is 0 Å². The molecule has 0 saturated carbocycles. The Morgan fingerprint density at radius 2 is 1.48 bits per heavy atom. The average molecular weight is 482 g/mol. The lowest BCUT2D eigenvalue weighted by molar-refractivity contribution is -0.141. The number of amides is 1. The zero-order valence-corrected chi connectivity index (χ0v) is 18.3. The molecule has 0 spiro atoms. The molecule has 6 nitrogen and oxygen atoms in total. The number of carbonyl (C=O) groups is 3. The molecule has 0 unspecified atom stereocenters. The molecule has 0 saturated heterocycles. The molecule has 3 aromatic rings. The van der Waals surface area contributed by atoms with Crippen molar-refractivity contribution in [2.45, 2.75) is 0 Å². The highest BCUT2D eigenvalue weighted by molar-refractivity contribution is 9.10. The first-order valence-electron chi connectivity index (χ1n) is 9.44. The maximum Gasteiger partial charge on any atom is 0.325 e. The summed E-state index contributed by atoms with van der Waals surface area (Å²) in [5, 5.41) is 2.46. The molecule has 7 heteroatoms. The molecule has 1 N–H and O–H groups in total. The number of carbonyl (C=O) groups excluding carboxylic acids is 3. The molecular formula is C24H20BrNO5. The largest absolute Gasteiger partial charge is 0.496 e. The summed E-state index contributed by atoms with van der Waals surface area (Å²) in [4.78, 5) is 36.4. The van der Waals surface area contributed by atoms with Gasteiger partial charge < -0.3 is 14.8 Å². The molecule has 0 aromatic heterocycles. The minimum Gasteiger partial charge on any atom is -0.496 e. The Balaban J connectivity index is 1.49. The maximum absolute atomic E-state index is 12.3. The van der Waals surface area contributed by atoms with Crippen LogP contribution in [0, 0.1) is 0 Å². The molecule has 0 fully saturated rings. The van der Waals surface area contributed by atoms with Gasteiger partial charge in [-0.1, -0.05) is 64.5 Å². The fourth-order valence-electron chi connectivity index (χ4n) is 2.85. The molecule has 0 heterocycles. The molecule has 0 aliphatic carbocycles. The fraction of sp³-hybridized carbons (Fsp3) is 0.125. The van der Waals surface area contributed by atoms with E-state index in [2.05, 4.69) is 21.2 Å². The molecule has 3 rings (SSSR count). The highest BCUT2D eigenvalue weighted by atomic mass is 79.9. The summed E-state index contributed by atoms with van der Waals surface area (Å²) in [5.41, 5.74) is 2.74. The molecular weight excluding hydrogens is 462 g/mol. The Morgan fingerprint density at radius 3 is 2.13 bits per heavy atom. The van der Waals surface area contributed by atoms with Gasteiger partial charge >= 0.3 is 5.97 Å². The number of benzene rings is 3. The minimum atomic E-state index is -0.705. The fourth-order valence-corrected chi connectivity index (χ4v) is 3.12. The van der Waals surface area contributed by atoms with Gasteiger partial charge in [-0.05, 0) is 35.4 Å². The lowest BCUT2D eigenvalue weighted by Gasteiger charge is -2.09. The quantitative estimate of drug-likeness (QED) is 0.383. The number of rotatable bonds is 8. The predicted octanol–water partition coefficient (Wildman–Crippen LogP) is 4.28. The standard InChI is InChI=1S/C24H20BrNO5/c1-30-22-5-3-2-4-20(22)24(29)26-14-23(28)31-15-21(27)18-8-6-16(7-9-18)17-10-12-19(25)13-11-17/h2-13H,14-15H2,1H3,(H,26,29). The van der Waals surface area contributed by atoms with Crippen molar-refractivity contribution in [3.05, 3.63) is 88.4 Å². The van der Waals surface area contributed by atoms with Crippen LogP contribution in [0.25, 0.3) is 11.1 Å². The molecule has 0 aliphatic heterocycles. The van der Waals surface area contributed by atoms with Crippen molar-refractivity contribution in [1.29, 1.82) is 0 Å². The van der Waals surface area contributed by atoms with E-state index >= 15 is 0 Å². The van der Waals surface area contributed by atoms with Crippen LogP contribution in [0.5, 0.6) is 5.75 Å². The number of hydrogen-bond donors (Lipinski definition) is 1. The number of methoxy groups -OCH3 is 1. The van der Waals surface area contributed by atoms with E-state index in [0.29, 0.717) is 16.9 Å². The first-order chi connectivity index (χ1) is 15.0. The third-order valence-corrected chi connectivity index (χ3v) is 5.02. The summed E-state index contributed by atoms with van der Waals surface area (Å²) >= 11 is 3.40. The minimum absolute atomic E-state index is 0.305. The van der Waals surface area contributed by atoms with Crippen LogP contribution in [0.2, 0.25) is 0 Å². The van der Waals surface area contributed by atoms with Crippen molar-refractivity contribution in [2.75, 3.05) is 20.3 Å². The van der Waals surface area contributed by atoms with Crippen molar-refractivity contribution in [3.8, 4) is 16.9 Å². The average Bonchev–Trinajstić information content (AvgIpc) is 2.81. The van der Waals surface area contributed by atoms with E-state index in [1.165, 1.54) is 7.11 Å². The van der Waals surface area contributed by atoms with E-state index < -0.39 is 18.5 Å². The summed E-state index contributed by atoms with van der Waals surface area (Å²) in [5.74, 6) is -1.10. The Kier molecular flexibility index (Phi) is 7.56. The molecule has 0 atom stereocenters. The second-order valence-electron chi connectivity index (χ2n) is 6.55. The highest BCUT2D eigenvalue weighted by Crippen LogP contribution is 2.22. The summed E-state index contributed by atoms with van der Waals surface area (Å²) in [6, 6.07) is 21.6. The zero-order chi connectivity index (χ0) is 22.2. The topological polar surface area (TPSA) is 81.7 Å². The molecule has 1 amide bonds. The summed E-state index contributed by atoms with van der Waals surface area (Å²) < 4.78 is 11.1. The van der Waals surface area contributed by atoms with Gasteiger partial charge in [-0.2, -0.15) is 0 Å². The smallest absolute Gasteiger partial charge is 0.325 e. The number of halogens is 1. The number of para-hydroxylation sites is 1. The molecule has 0 aliphatic rings. The zero-order valence-electron chi connectivity index (χ0n) is 16.8. The first-order valence-corrected chi connectivity index (χ1v) is 10.2. The monoisotopic (exact) mass is 481 g/mol. The van der Waals surface area contributed by atoms with E-state index in [1.807, 2.05) is 36.4 Å². The van der Waals surface area contributed by atoms with Gasteiger partial charge in [0.25, 0.3) is 5.91 Å². The van der Waals surface area contributed by atoms with Gasteiger partial charge in [0.2, 0.25) is 0 Å². The van der Waals surface area contributed by atoms with Crippen LogP contribution < -0.4 is 10.1 Å². The van der Waals surface area contributed by atoms with Gasteiger partial charge in [-0.25, -0.2) is 0 Å². The third kappa shape index (κ3) is 6.02. The van der Waals surface area contributed by atoms with E-state index in [9.17, 15) is 14.4 Å². The number of Topliss-reactive ketones (excluding diaryl/α,β-unsaturated/α-hetero) is 1. The van der Waals surface area contributed by atoms with Crippen molar-refractivity contribution >= 4 is 33.6 Å². The van der Waals surface area contributed by atoms with Crippen LogP contribution in [-0.4, -0.2) is 37.9 Å². The van der Waals surface area contributed by atoms with Crippen molar-refractivity contribution in [2.24, 2.45) is 0 Å². The van der Waals surface area contributed by atoms with Gasteiger partial charge in [0.1, 0.15) is 12.3 Å². The maximum atomic E-state index is 12.3. The van der Waals surface area contributed by atoms with Crippen molar-refractivity contribution in [1.82, 2.24) is 5.32 Å². The van der Waals surface area contributed by atoms with Crippen LogP contribution in [0.15, 0.2) is 77.3 Å². The Labute approximate surface area is 188 Å². The second kappa shape index (κ2) is 10.5. The van der Waals surface area contributed by atoms with Gasteiger partial charge in [0.05, 0.1) is 12.7 Å². The summed E-state index contributed by atoms with van der Waals surface area (Å²) in [7, 11) is 1.46. The number of ether oxygens (including phenoxy) is 2. The van der Waals surface area contributed by atoms with Gasteiger partial charge in [0.15, 0.2) is 12.4 Å². The Bertz CT molecular complexity index is 1080. The molecule has 31 heavy (non-hydrogen) atoms. The lowest BCUT2D eigenvalue weighted by atomic mass is 10.0. The molecule has 158 valence electrons. The van der Waals surface area contributed by atoms with Crippen LogP contribution in [0.1, 0.15) is 20.7 Å². The number of ketones is 1. The van der Waals surface area contributed by atoms with E-state index in [-0.39, 0.29) is 12.3 Å². The Morgan fingerprint density at radius 1 is 0.871 bits per heavy atom. The summed E-state index contributed by atoms with van der Waals surface area (Å²) in [6.07, 6.45) is 0. The van der Waals surface area contributed by atoms with E-state index in [0.717, 1.165) is 15.6 Å². The Hall–Kier alpha value is -3.45. The third-order valence-electron chi connectivity index (χ3n) is 4.49. The van der Waals surface area contributed by atoms with Crippen LogP contribution in [0.4, 0.5) is 0 Å². The van der Waals surface area contributed by atoms with Crippen LogP contribution >= 0.6 is 15.9 Å². The number of esters is 1. The SMILES string of the molecule is COc1ccccc1C(=O)NCC(=O)OCC(=O)c1ccc(-c2ccc(Br)cc2)cc1. The highest BCUT2D eigenvalue weighted by Gasteiger charge is 2.14. The second-order valence-corrected chi connectivity index (χ2v) is 7.47. The normalized spacial score (nSPS) is 10.3. The molecule has 0 bridgehead atoms. The van der Waals surface area contributed by atoms with E-state index in [1.54, 1.807) is 36.4 Å². The first kappa shape index (κ1) is 22.2. The molecule has 0 radical (unpaired) electrons. The van der Waals surface area contributed by atoms with E-state index in [4.69, 9.17) is 9.47 Å². The van der Waals surface area contributed by atoms with Crippen LogP contribution in [0.3, 0.4) is 0 Å². The van der Waals surface area contributed by atoms with Gasteiger partial charge in [-0.3, -0.25) is 14.4 Å². The lowest BCUT2D eigenvalue weighted by Crippen LogP contribution is -2.31. The van der Waals surface area contributed by atoms with Gasteiger partial charge in [-0.15, -0.1) is 0 Å². The number of nitrogens with one attached hydrogen (secondary N) is 1. The van der Waals surface area contributed by atoms with Gasteiger partial charge in [0, 0.05) is 10.0 Å². The van der Waals surface area contributed by atoms with Crippen LogP contribution in [-0.2, 0) is 9.53 Å². The number of hydrogen-bond acceptors (Lipinski definition) is 5. The molecule has 3 aromatic carbocycles. The summed E-state index contributed by atoms with van der Waals surface area (Å²) in [6.45, 7) is -0.756. The predicted molar refractivity (Wildman–Crippen MR) is 120 cm³/mol.